The van der Waals surface area contributed by atoms with Crippen LogP contribution in [0.1, 0.15) is 25.0 Å². The van der Waals surface area contributed by atoms with Crippen LogP contribution in [0.2, 0.25) is 0 Å². The van der Waals surface area contributed by atoms with Crippen molar-refractivity contribution in [2.45, 2.75) is 19.3 Å². The standard InChI is InChI=1S/C40H27NS.C39H29NS.C36H25NS/c1-2-8-28(9-3-1)30-14-20-34(21-15-30)41(36-24-18-29-10-4-5-11-32(29)26-36)35-22-16-31(17-23-35)33-19-25-40-38(27-33)37-12-6-7-13-39(37)42-40;1-39(2)35-14-8-6-12-31(35)32-22-21-30(25-36(32)39)40(28-10-4-3-5-11-28)29-19-16-26(17-20-29)27-18-23-38-34(24-27)33-13-7-9-15-37(33)41-38;1-3-10-26(11-4-1)28-12-9-15-32(24-28)37(30-13-5-2-6-14-30)31-21-18-27(19-22-31)29-20-23-36-34(25-29)33-16-7-8-17-35(33)38-36/h1-27H;3-25H,1-2H3;1-25H. The highest BCUT2D eigenvalue weighted by molar-refractivity contribution is 7.26. The van der Waals surface area contributed by atoms with Gasteiger partial charge in [-0.25, -0.2) is 0 Å². The van der Waals surface area contributed by atoms with Gasteiger partial charge in [-0.1, -0.05) is 305 Å². The molecule has 0 amide bonds. The predicted molar refractivity (Wildman–Crippen MR) is 524 cm³/mol. The average Bonchev–Trinajstić information content (AvgIpc) is 1.54. The molecule has 0 unspecified atom stereocenters. The van der Waals surface area contributed by atoms with Gasteiger partial charge in [0.05, 0.1) is 0 Å². The Morgan fingerprint density at radius 2 is 0.446 bits per heavy atom. The zero-order valence-electron chi connectivity index (χ0n) is 66.9. The van der Waals surface area contributed by atoms with Crippen molar-refractivity contribution >= 4 is 156 Å². The van der Waals surface area contributed by atoms with Gasteiger partial charge >= 0.3 is 0 Å². The predicted octanol–water partition coefficient (Wildman–Crippen LogP) is 34.4. The maximum absolute atomic E-state index is 2.39. The van der Waals surface area contributed by atoms with Crippen LogP contribution in [0.3, 0.4) is 0 Å². The molecule has 0 spiro atoms. The van der Waals surface area contributed by atoms with E-state index in [2.05, 4.69) is 484 Å². The molecular weight excluding hydrogens is 1520 g/mol. The van der Waals surface area contributed by atoms with Crippen molar-refractivity contribution in [1.29, 1.82) is 0 Å². The van der Waals surface area contributed by atoms with E-state index in [9.17, 15) is 0 Å². The molecule has 0 aliphatic heterocycles. The van der Waals surface area contributed by atoms with E-state index in [-0.39, 0.29) is 5.41 Å². The quantitative estimate of drug-likeness (QED) is 0.107. The third kappa shape index (κ3) is 14.5. The van der Waals surface area contributed by atoms with Gasteiger partial charge in [0.1, 0.15) is 0 Å². The highest BCUT2D eigenvalue weighted by Gasteiger charge is 2.36. The topological polar surface area (TPSA) is 9.72 Å². The van der Waals surface area contributed by atoms with Crippen molar-refractivity contribution < 1.29 is 0 Å². The number of nitrogens with zero attached hydrogens (tertiary/aromatic N) is 3. The zero-order valence-corrected chi connectivity index (χ0v) is 69.3. The van der Waals surface area contributed by atoms with E-state index in [1.165, 1.54) is 155 Å². The van der Waals surface area contributed by atoms with Gasteiger partial charge < -0.3 is 14.7 Å². The van der Waals surface area contributed by atoms with Crippen LogP contribution in [-0.4, -0.2) is 0 Å². The normalized spacial score (nSPS) is 12.0. The number of rotatable bonds is 14. The summed E-state index contributed by atoms with van der Waals surface area (Å²) in [5.41, 5.74) is 28.0. The molecule has 1 aliphatic rings. The highest BCUT2D eigenvalue weighted by atomic mass is 32.1. The van der Waals surface area contributed by atoms with Crippen molar-refractivity contribution in [3.05, 3.63) is 466 Å². The fourth-order valence-electron chi connectivity index (χ4n) is 17.7. The molecule has 3 aromatic heterocycles. The molecule has 0 bridgehead atoms. The molecule has 6 heteroatoms. The summed E-state index contributed by atoms with van der Waals surface area (Å²) in [6.45, 7) is 4.69. The van der Waals surface area contributed by atoms with Gasteiger partial charge in [0.25, 0.3) is 0 Å². The van der Waals surface area contributed by atoms with E-state index in [1.54, 1.807) is 0 Å². The number of para-hydroxylation sites is 2. The van der Waals surface area contributed by atoms with Crippen molar-refractivity contribution in [3.8, 4) is 66.8 Å². The monoisotopic (exact) mass is 1600 g/mol. The Morgan fingerprint density at radius 3 is 0.901 bits per heavy atom. The van der Waals surface area contributed by atoms with Crippen LogP contribution < -0.4 is 14.7 Å². The molecule has 0 atom stereocenters. The number of anilines is 9. The minimum Gasteiger partial charge on any atom is -0.310 e. The van der Waals surface area contributed by atoms with Crippen molar-refractivity contribution in [2.75, 3.05) is 14.7 Å². The molecule has 0 fully saturated rings. The van der Waals surface area contributed by atoms with E-state index in [0.717, 1.165) is 45.5 Å². The maximum Gasteiger partial charge on any atom is 0.0468 e. The highest BCUT2D eigenvalue weighted by Crippen LogP contribution is 2.52. The fraction of sp³-hybridized carbons (Fsp3) is 0.0261. The average molecular weight is 1600 g/mol. The van der Waals surface area contributed by atoms with Crippen LogP contribution in [0, 0.1) is 0 Å². The Morgan fingerprint density at radius 1 is 0.165 bits per heavy atom. The van der Waals surface area contributed by atoms with Crippen molar-refractivity contribution in [2.24, 2.45) is 0 Å². The minimum absolute atomic E-state index is 0.0430. The molecule has 0 radical (unpaired) electrons. The molecule has 3 nitrogen and oxygen atoms in total. The van der Waals surface area contributed by atoms with Gasteiger partial charge in [-0.15, -0.1) is 34.0 Å². The van der Waals surface area contributed by atoms with Crippen LogP contribution in [0.4, 0.5) is 51.2 Å². The van der Waals surface area contributed by atoms with E-state index in [4.69, 9.17) is 0 Å². The third-order valence-corrected chi connectivity index (χ3v) is 27.3. The lowest BCUT2D eigenvalue weighted by atomic mass is 9.82. The minimum atomic E-state index is -0.0430. The number of fused-ring (bicyclic) bond motifs is 13. The smallest absolute Gasteiger partial charge is 0.0468 e. The third-order valence-electron chi connectivity index (χ3n) is 23.8. The molecule has 1 aliphatic carbocycles. The van der Waals surface area contributed by atoms with E-state index < -0.39 is 0 Å². The Balaban J connectivity index is 0.000000112. The molecule has 23 rings (SSSR count). The number of thiophene rings is 3. The summed E-state index contributed by atoms with van der Waals surface area (Å²) in [4.78, 5) is 7.05. The largest absolute Gasteiger partial charge is 0.310 e. The molecule has 574 valence electrons. The molecule has 0 saturated heterocycles. The summed E-state index contributed by atoms with van der Waals surface area (Å²) < 4.78 is 8.02. The number of hydrogen-bond donors (Lipinski definition) is 0. The summed E-state index contributed by atoms with van der Waals surface area (Å²) in [6, 6.07) is 165. The second-order valence-electron chi connectivity index (χ2n) is 31.5. The summed E-state index contributed by atoms with van der Waals surface area (Å²) in [5.74, 6) is 0. The first-order valence-corrected chi connectivity index (χ1v) is 43.8. The molecule has 3 heterocycles. The van der Waals surface area contributed by atoms with E-state index in [1.807, 2.05) is 34.0 Å². The lowest BCUT2D eigenvalue weighted by Gasteiger charge is -2.28. The number of benzene rings is 19. The molecule has 0 N–H and O–H groups in total. The second-order valence-corrected chi connectivity index (χ2v) is 34.8. The Labute approximate surface area is 717 Å². The van der Waals surface area contributed by atoms with Crippen LogP contribution in [0.25, 0.3) is 138 Å². The fourth-order valence-corrected chi connectivity index (χ4v) is 20.9. The van der Waals surface area contributed by atoms with Crippen LogP contribution in [0.15, 0.2) is 455 Å². The lowest BCUT2D eigenvalue weighted by Crippen LogP contribution is -2.16. The Bertz CT molecular complexity index is 7520. The van der Waals surface area contributed by atoms with Crippen LogP contribution in [-0.2, 0) is 5.41 Å². The van der Waals surface area contributed by atoms with Crippen LogP contribution >= 0.6 is 34.0 Å². The summed E-state index contributed by atoms with van der Waals surface area (Å²) in [6.07, 6.45) is 0. The van der Waals surface area contributed by atoms with Gasteiger partial charge in [0.2, 0.25) is 0 Å². The summed E-state index contributed by atoms with van der Waals surface area (Å²) in [5, 5.41) is 10.5. The number of hydrogen-bond acceptors (Lipinski definition) is 6. The molecule has 121 heavy (non-hydrogen) atoms. The maximum atomic E-state index is 2.39. The molecule has 22 aromatic rings. The second kappa shape index (κ2) is 32.1. The molecule has 0 saturated carbocycles. The van der Waals surface area contributed by atoms with E-state index in [0.29, 0.717) is 0 Å². The van der Waals surface area contributed by atoms with Crippen molar-refractivity contribution in [3.63, 3.8) is 0 Å². The van der Waals surface area contributed by atoms with Gasteiger partial charge in [0, 0.05) is 117 Å². The lowest BCUT2D eigenvalue weighted by molar-refractivity contribution is 0.660. The molecule has 19 aromatic carbocycles. The van der Waals surface area contributed by atoms with Gasteiger partial charge in [-0.05, 0) is 252 Å². The first-order valence-electron chi connectivity index (χ1n) is 41.3. The Kier molecular flexibility index (Phi) is 19.6. The molecular formula is C115H81N3S3. The Hall–Kier alpha value is -14.5. The SMILES string of the molecule is CC1(C)c2ccccc2-c2ccc(N(c3ccccc3)c3ccc(-c4ccc5sc6ccccc6c5c4)cc3)cc21.c1ccc(-c2ccc(N(c3ccc(-c4ccc5sc6ccccc6c5c4)cc3)c3ccc4ccccc4c3)cc2)cc1.c1ccc(-c2cccc(N(c3ccccc3)c3ccc(-c4ccc5sc6ccccc6c5c4)cc3)c2)cc1. The van der Waals surface area contributed by atoms with E-state index >= 15 is 0 Å². The van der Waals surface area contributed by atoms with Gasteiger partial charge in [-0.2, -0.15) is 0 Å². The van der Waals surface area contributed by atoms with Gasteiger partial charge in [-0.3, -0.25) is 0 Å². The van der Waals surface area contributed by atoms with Crippen LogP contribution in [0.5, 0.6) is 0 Å². The first-order chi connectivity index (χ1) is 59.7. The summed E-state index contributed by atoms with van der Waals surface area (Å²) >= 11 is 5.59. The zero-order chi connectivity index (χ0) is 80.7. The first kappa shape index (κ1) is 74.1. The summed E-state index contributed by atoms with van der Waals surface area (Å²) in [7, 11) is 0. The van der Waals surface area contributed by atoms with Crippen molar-refractivity contribution in [1.82, 2.24) is 0 Å². The van der Waals surface area contributed by atoms with Gasteiger partial charge in [0.15, 0.2) is 0 Å².